The van der Waals surface area contributed by atoms with Crippen molar-refractivity contribution in [3.63, 3.8) is 0 Å². The molecule has 0 aromatic carbocycles. The summed E-state index contributed by atoms with van der Waals surface area (Å²) in [6, 6.07) is 2.36. The van der Waals surface area contributed by atoms with E-state index in [1.165, 1.54) is 0 Å². The standard InChI is InChI=1S/C15H26ClN3O/c1-5-19(6-2)7-8-20-15-14(16)9-13(11-18-15)10-17-12(3)4/h9,11-12,17H,5-8,10H2,1-4H3. The van der Waals surface area contributed by atoms with E-state index in [0.29, 0.717) is 23.6 Å². The van der Waals surface area contributed by atoms with Crippen LogP contribution in [-0.2, 0) is 6.54 Å². The molecule has 4 nitrogen and oxygen atoms in total. The third-order valence-corrected chi connectivity index (χ3v) is 3.39. The first-order chi connectivity index (χ1) is 9.56. The van der Waals surface area contributed by atoms with E-state index >= 15 is 0 Å². The molecular weight excluding hydrogens is 274 g/mol. The van der Waals surface area contributed by atoms with Crippen molar-refractivity contribution in [2.24, 2.45) is 0 Å². The van der Waals surface area contributed by atoms with Crippen LogP contribution in [0.2, 0.25) is 5.02 Å². The van der Waals surface area contributed by atoms with Crippen molar-refractivity contribution < 1.29 is 4.74 Å². The molecule has 0 aliphatic heterocycles. The summed E-state index contributed by atoms with van der Waals surface area (Å²) in [5.74, 6) is 0.520. The van der Waals surface area contributed by atoms with Crippen LogP contribution in [0.1, 0.15) is 33.3 Å². The zero-order valence-electron chi connectivity index (χ0n) is 12.9. The van der Waals surface area contributed by atoms with E-state index in [2.05, 4.69) is 42.9 Å². The molecule has 114 valence electrons. The second-order valence-electron chi connectivity index (χ2n) is 5.04. The lowest BCUT2D eigenvalue weighted by atomic mass is 10.2. The van der Waals surface area contributed by atoms with Crippen LogP contribution in [0.15, 0.2) is 12.3 Å². The van der Waals surface area contributed by atoms with Gasteiger partial charge in [0.1, 0.15) is 11.6 Å². The van der Waals surface area contributed by atoms with E-state index in [1.807, 2.05) is 12.3 Å². The Balaban J connectivity index is 2.47. The van der Waals surface area contributed by atoms with Crippen LogP contribution in [0.4, 0.5) is 0 Å². The zero-order valence-corrected chi connectivity index (χ0v) is 13.7. The van der Waals surface area contributed by atoms with Gasteiger partial charge in [0.25, 0.3) is 0 Å². The monoisotopic (exact) mass is 299 g/mol. The van der Waals surface area contributed by atoms with Gasteiger partial charge in [0.15, 0.2) is 0 Å². The molecule has 0 saturated carbocycles. The van der Waals surface area contributed by atoms with Gasteiger partial charge in [-0.3, -0.25) is 0 Å². The van der Waals surface area contributed by atoms with Crippen LogP contribution in [0.5, 0.6) is 5.88 Å². The first-order valence-corrected chi connectivity index (χ1v) is 7.67. The highest BCUT2D eigenvalue weighted by Gasteiger charge is 2.06. The van der Waals surface area contributed by atoms with Gasteiger partial charge in [-0.25, -0.2) is 4.98 Å². The van der Waals surface area contributed by atoms with Gasteiger partial charge in [-0.05, 0) is 24.7 Å². The molecule has 20 heavy (non-hydrogen) atoms. The highest BCUT2D eigenvalue weighted by molar-refractivity contribution is 6.31. The molecule has 0 aliphatic rings. The Morgan fingerprint density at radius 1 is 1.35 bits per heavy atom. The molecule has 0 saturated heterocycles. The highest BCUT2D eigenvalue weighted by atomic mass is 35.5. The molecule has 1 aromatic heterocycles. The summed E-state index contributed by atoms with van der Waals surface area (Å²) in [6.07, 6.45) is 1.81. The molecule has 1 N–H and O–H groups in total. The summed E-state index contributed by atoms with van der Waals surface area (Å²) in [5, 5.41) is 3.91. The van der Waals surface area contributed by atoms with Gasteiger partial charge >= 0.3 is 0 Å². The Morgan fingerprint density at radius 3 is 2.60 bits per heavy atom. The van der Waals surface area contributed by atoms with Gasteiger partial charge in [-0.15, -0.1) is 0 Å². The van der Waals surface area contributed by atoms with Crippen molar-refractivity contribution >= 4 is 11.6 Å². The van der Waals surface area contributed by atoms with Crippen LogP contribution in [-0.4, -0.2) is 42.2 Å². The molecule has 0 fully saturated rings. The topological polar surface area (TPSA) is 37.4 Å². The predicted molar refractivity (Wildman–Crippen MR) is 84.5 cm³/mol. The summed E-state index contributed by atoms with van der Waals surface area (Å²) in [5.41, 5.74) is 1.07. The smallest absolute Gasteiger partial charge is 0.232 e. The number of halogens is 1. The van der Waals surface area contributed by atoms with Crippen molar-refractivity contribution in [3.05, 3.63) is 22.8 Å². The van der Waals surface area contributed by atoms with E-state index in [-0.39, 0.29) is 0 Å². The van der Waals surface area contributed by atoms with E-state index < -0.39 is 0 Å². The first-order valence-electron chi connectivity index (χ1n) is 7.29. The fourth-order valence-electron chi connectivity index (χ4n) is 1.80. The van der Waals surface area contributed by atoms with E-state index in [4.69, 9.17) is 16.3 Å². The maximum Gasteiger partial charge on any atom is 0.232 e. The molecule has 0 atom stereocenters. The number of hydrogen-bond donors (Lipinski definition) is 1. The second-order valence-corrected chi connectivity index (χ2v) is 5.45. The lowest BCUT2D eigenvalue weighted by Gasteiger charge is -2.18. The highest BCUT2D eigenvalue weighted by Crippen LogP contribution is 2.22. The van der Waals surface area contributed by atoms with Crippen molar-refractivity contribution in [2.75, 3.05) is 26.2 Å². The second kappa shape index (κ2) is 9.16. The third kappa shape index (κ3) is 6.07. The number of nitrogens with one attached hydrogen (secondary N) is 1. The average molecular weight is 300 g/mol. The maximum atomic E-state index is 6.20. The van der Waals surface area contributed by atoms with Crippen molar-refractivity contribution in [2.45, 2.75) is 40.3 Å². The molecule has 1 heterocycles. The minimum atomic E-state index is 0.443. The number of aromatic nitrogens is 1. The average Bonchev–Trinajstić information content (AvgIpc) is 2.43. The van der Waals surface area contributed by atoms with Crippen molar-refractivity contribution in [1.29, 1.82) is 0 Å². The Morgan fingerprint density at radius 2 is 2.05 bits per heavy atom. The number of rotatable bonds is 9. The van der Waals surface area contributed by atoms with Gasteiger partial charge in [-0.1, -0.05) is 39.3 Å². The number of hydrogen-bond acceptors (Lipinski definition) is 4. The molecule has 0 amide bonds. The molecule has 0 radical (unpaired) electrons. The van der Waals surface area contributed by atoms with Crippen molar-refractivity contribution in [3.8, 4) is 5.88 Å². The van der Waals surface area contributed by atoms with Crippen LogP contribution < -0.4 is 10.1 Å². The summed E-state index contributed by atoms with van der Waals surface area (Å²) in [7, 11) is 0. The molecule has 0 bridgehead atoms. The predicted octanol–water partition coefficient (Wildman–Crippen LogP) is 2.95. The van der Waals surface area contributed by atoms with Gasteiger partial charge in [0, 0.05) is 25.3 Å². The molecule has 1 rings (SSSR count). The number of nitrogens with zero attached hydrogens (tertiary/aromatic N) is 2. The largest absolute Gasteiger partial charge is 0.475 e. The van der Waals surface area contributed by atoms with Gasteiger partial charge in [0.2, 0.25) is 5.88 Å². The fourth-order valence-corrected chi connectivity index (χ4v) is 2.04. The summed E-state index contributed by atoms with van der Waals surface area (Å²) in [6.45, 7) is 12.8. The van der Waals surface area contributed by atoms with Crippen LogP contribution in [0.25, 0.3) is 0 Å². The van der Waals surface area contributed by atoms with Crippen LogP contribution in [0.3, 0.4) is 0 Å². The number of likely N-dealkylation sites (N-methyl/N-ethyl adjacent to an activating group) is 1. The lowest BCUT2D eigenvalue weighted by Crippen LogP contribution is -2.28. The van der Waals surface area contributed by atoms with Crippen LogP contribution >= 0.6 is 11.6 Å². The quantitative estimate of drug-likeness (QED) is 0.761. The first kappa shape index (κ1) is 17.2. The lowest BCUT2D eigenvalue weighted by molar-refractivity contribution is 0.218. The molecular formula is C15H26ClN3O. The third-order valence-electron chi connectivity index (χ3n) is 3.12. The summed E-state index contributed by atoms with van der Waals surface area (Å²) in [4.78, 5) is 6.59. The van der Waals surface area contributed by atoms with E-state index in [0.717, 1.165) is 31.7 Å². The Bertz CT molecular complexity index is 395. The van der Waals surface area contributed by atoms with Gasteiger partial charge in [-0.2, -0.15) is 0 Å². The molecule has 0 aliphatic carbocycles. The number of ether oxygens (including phenoxy) is 1. The summed E-state index contributed by atoms with van der Waals surface area (Å²) < 4.78 is 5.65. The normalized spacial score (nSPS) is 11.3. The van der Waals surface area contributed by atoms with Crippen LogP contribution in [0, 0.1) is 0 Å². The van der Waals surface area contributed by atoms with E-state index in [9.17, 15) is 0 Å². The summed E-state index contributed by atoms with van der Waals surface area (Å²) >= 11 is 6.20. The molecule has 0 unspecified atom stereocenters. The van der Waals surface area contributed by atoms with Gasteiger partial charge in [0.05, 0.1) is 0 Å². The molecule has 5 heteroatoms. The zero-order chi connectivity index (χ0) is 15.0. The molecule has 0 spiro atoms. The van der Waals surface area contributed by atoms with E-state index in [1.54, 1.807) is 0 Å². The Labute approximate surface area is 127 Å². The number of pyridine rings is 1. The van der Waals surface area contributed by atoms with Crippen molar-refractivity contribution in [1.82, 2.24) is 15.2 Å². The Kier molecular flexibility index (Phi) is 7.88. The molecule has 1 aromatic rings. The Hall–Kier alpha value is -0.840. The maximum absolute atomic E-state index is 6.20. The fraction of sp³-hybridized carbons (Fsp3) is 0.667. The minimum Gasteiger partial charge on any atom is -0.475 e. The van der Waals surface area contributed by atoms with Gasteiger partial charge < -0.3 is 15.0 Å². The SMILES string of the molecule is CCN(CC)CCOc1ncc(CNC(C)C)cc1Cl. The minimum absolute atomic E-state index is 0.443.